The molecule has 0 aliphatic heterocycles. The van der Waals surface area contributed by atoms with E-state index in [1.54, 1.807) is 0 Å². The fourth-order valence-corrected chi connectivity index (χ4v) is 6.12. The molecule has 0 heterocycles. The van der Waals surface area contributed by atoms with Crippen molar-refractivity contribution in [1.29, 1.82) is 0 Å². The molecule has 13 nitrogen and oxygen atoms in total. The molecule has 0 aromatic carbocycles. The molecule has 6 N–H and O–H groups in total. The van der Waals surface area contributed by atoms with Crippen LogP contribution in [0.5, 0.6) is 0 Å². The molecule has 1 rings (SSSR count). The predicted molar refractivity (Wildman–Crippen MR) is 175 cm³/mol. The van der Waals surface area contributed by atoms with E-state index >= 15 is 0 Å². The van der Waals surface area contributed by atoms with E-state index in [9.17, 15) is 44.6 Å². The van der Waals surface area contributed by atoms with E-state index < -0.39 is 75.7 Å². The van der Waals surface area contributed by atoms with Crippen molar-refractivity contribution >= 4 is 19.8 Å². The molecule has 1 aliphatic rings. The summed E-state index contributed by atoms with van der Waals surface area (Å²) in [5.74, 6) is -1.12. The molecule has 14 heteroatoms. The number of carbonyl (C=O) groups is 2. The third kappa shape index (κ3) is 19.4. The zero-order valence-electron chi connectivity index (χ0n) is 28.3. The average Bonchev–Trinajstić information content (AvgIpc) is 3.04. The molecule has 0 amide bonds. The van der Waals surface area contributed by atoms with Crippen LogP contribution < -0.4 is 0 Å². The fraction of sp³-hybridized carbons (Fsp3) is 0.879. The van der Waals surface area contributed by atoms with Gasteiger partial charge >= 0.3 is 19.8 Å². The zero-order chi connectivity index (χ0) is 35.1. The smallest absolute Gasteiger partial charge is 0.462 e. The van der Waals surface area contributed by atoms with E-state index in [0.29, 0.717) is 12.8 Å². The number of rotatable bonds is 27. The van der Waals surface area contributed by atoms with Crippen molar-refractivity contribution in [2.75, 3.05) is 13.2 Å². The summed E-state index contributed by atoms with van der Waals surface area (Å²) in [5.41, 5.74) is 0. The molecule has 8 atom stereocenters. The molecule has 1 saturated carbocycles. The molecule has 0 aromatic heterocycles. The highest BCUT2D eigenvalue weighted by Crippen LogP contribution is 2.47. The zero-order valence-corrected chi connectivity index (χ0v) is 29.2. The first-order valence-electron chi connectivity index (χ1n) is 17.5. The standard InChI is InChI=1S/C33H61O13P/c1-3-5-7-9-11-12-13-14-16-18-20-22-27(35)45-25(23-43-26(34)21-19-17-15-10-8-6-4-2)24-44-47(41,42)46-33-31(39)29(37)28(36)30(38)32(33)40/h9,11,25,28-33,36-40H,3-8,10,12-24H2,1-2H3,(H,41,42)/b11-9+/t25-,28?,29-,30?,31?,32?,33?/m1/s1. The molecule has 47 heavy (non-hydrogen) atoms. The summed E-state index contributed by atoms with van der Waals surface area (Å²) < 4.78 is 33.1. The Morgan fingerprint density at radius 1 is 0.638 bits per heavy atom. The fourth-order valence-electron chi connectivity index (χ4n) is 5.15. The topological polar surface area (TPSA) is 210 Å². The number of hydrogen-bond donors (Lipinski definition) is 6. The average molecular weight is 697 g/mol. The summed E-state index contributed by atoms with van der Waals surface area (Å²) in [5, 5.41) is 49.7. The van der Waals surface area contributed by atoms with Crippen molar-refractivity contribution in [2.45, 2.75) is 172 Å². The quantitative estimate of drug-likeness (QED) is 0.0305. The monoisotopic (exact) mass is 696 g/mol. The minimum Gasteiger partial charge on any atom is -0.462 e. The van der Waals surface area contributed by atoms with Crippen molar-refractivity contribution in [3.8, 4) is 0 Å². The number of aliphatic hydroxyl groups excluding tert-OH is 5. The van der Waals surface area contributed by atoms with E-state index in [-0.39, 0.29) is 12.8 Å². The first kappa shape index (κ1) is 43.6. The first-order chi connectivity index (χ1) is 22.4. The van der Waals surface area contributed by atoms with Gasteiger partial charge in [0.15, 0.2) is 6.10 Å². The maximum atomic E-state index is 12.7. The second kappa shape index (κ2) is 25.5. The maximum Gasteiger partial charge on any atom is 0.472 e. The van der Waals surface area contributed by atoms with Crippen molar-refractivity contribution in [3.63, 3.8) is 0 Å². The Labute approximate surface area is 280 Å². The van der Waals surface area contributed by atoms with Crippen LogP contribution in [0.3, 0.4) is 0 Å². The minimum atomic E-state index is -5.10. The predicted octanol–water partition coefficient (Wildman–Crippen LogP) is 4.38. The van der Waals surface area contributed by atoms with E-state index in [1.165, 1.54) is 19.3 Å². The van der Waals surface area contributed by atoms with Gasteiger partial charge in [-0.1, -0.05) is 96.6 Å². The van der Waals surface area contributed by atoms with Gasteiger partial charge in [0.05, 0.1) is 6.61 Å². The van der Waals surface area contributed by atoms with Crippen molar-refractivity contribution < 1.29 is 63.1 Å². The Hall–Kier alpha value is -1.41. The summed E-state index contributed by atoms with van der Waals surface area (Å²) in [6.07, 6.45) is 7.62. The van der Waals surface area contributed by atoms with Gasteiger partial charge in [-0.3, -0.25) is 18.6 Å². The van der Waals surface area contributed by atoms with Gasteiger partial charge in [-0.2, -0.15) is 0 Å². The van der Waals surface area contributed by atoms with Crippen LogP contribution in [0.25, 0.3) is 0 Å². The number of unbranched alkanes of at least 4 members (excludes halogenated alkanes) is 13. The maximum absolute atomic E-state index is 12.7. The SMILES string of the molecule is CCCC/C=C/CCCCCCCC(=O)O[C@H](COC(=O)CCCCCCCCC)COP(=O)(O)OC1C(O)C(O)C(O)[C@@H](O)C1O. The summed E-state index contributed by atoms with van der Waals surface area (Å²) in [6.45, 7) is 3.14. The lowest BCUT2D eigenvalue weighted by atomic mass is 9.85. The second-order valence-corrected chi connectivity index (χ2v) is 13.8. The van der Waals surface area contributed by atoms with Crippen LogP contribution in [-0.2, 0) is 32.7 Å². The number of esters is 2. The van der Waals surface area contributed by atoms with Crippen molar-refractivity contribution in [3.05, 3.63) is 12.2 Å². The molecule has 0 bridgehead atoms. The van der Waals surface area contributed by atoms with E-state index in [0.717, 1.165) is 70.6 Å². The molecule has 1 aliphatic carbocycles. The molecule has 1 fully saturated rings. The van der Waals surface area contributed by atoms with Crippen LogP contribution in [0, 0.1) is 0 Å². The van der Waals surface area contributed by atoms with Gasteiger partial charge in [-0.25, -0.2) is 4.57 Å². The highest BCUT2D eigenvalue weighted by atomic mass is 31.2. The van der Waals surface area contributed by atoms with Gasteiger partial charge in [0.1, 0.15) is 43.2 Å². The number of phosphoric ester groups is 1. The third-order valence-electron chi connectivity index (χ3n) is 8.11. The Kier molecular flexibility index (Phi) is 23.7. The normalized spacial score (nSPS) is 25.0. The van der Waals surface area contributed by atoms with Crippen LogP contribution in [-0.4, -0.2) is 98.3 Å². The lowest BCUT2D eigenvalue weighted by molar-refractivity contribution is -0.220. The summed E-state index contributed by atoms with van der Waals surface area (Å²) in [7, 11) is -5.10. The number of phosphoric acid groups is 1. The number of allylic oxidation sites excluding steroid dienone is 2. The van der Waals surface area contributed by atoms with Gasteiger partial charge < -0.3 is 39.9 Å². The van der Waals surface area contributed by atoms with Crippen molar-refractivity contribution in [2.24, 2.45) is 0 Å². The summed E-state index contributed by atoms with van der Waals surface area (Å²) >= 11 is 0. The molecule has 276 valence electrons. The molecule has 0 radical (unpaired) electrons. The van der Waals surface area contributed by atoms with Crippen LogP contribution in [0.4, 0.5) is 0 Å². The van der Waals surface area contributed by atoms with E-state index in [1.807, 2.05) is 0 Å². The van der Waals surface area contributed by atoms with E-state index in [4.69, 9.17) is 18.5 Å². The van der Waals surface area contributed by atoms with Gasteiger partial charge in [-0.15, -0.1) is 0 Å². The molecular formula is C33H61O13P. The second-order valence-electron chi connectivity index (χ2n) is 12.4. The van der Waals surface area contributed by atoms with Gasteiger partial charge in [-0.05, 0) is 32.1 Å². The number of carbonyl (C=O) groups excluding carboxylic acids is 2. The van der Waals surface area contributed by atoms with Gasteiger partial charge in [0.25, 0.3) is 0 Å². The molecule has 0 aromatic rings. The Morgan fingerprint density at radius 2 is 1.11 bits per heavy atom. The lowest BCUT2D eigenvalue weighted by Crippen LogP contribution is -2.64. The number of ether oxygens (including phenoxy) is 2. The Morgan fingerprint density at radius 3 is 1.68 bits per heavy atom. The Bertz CT molecular complexity index is 901. The molecule has 0 saturated heterocycles. The first-order valence-corrected chi connectivity index (χ1v) is 19.0. The molecular weight excluding hydrogens is 635 g/mol. The van der Waals surface area contributed by atoms with Gasteiger partial charge in [0, 0.05) is 12.8 Å². The van der Waals surface area contributed by atoms with Gasteiger partial charge in [0.2, 0.25) is 0 Å². The highest BCUT2D eigenvalue weighted by molar-refractivity contribution is 7.47. The number of aliphatic hydroxyl groups is 5. The summed E-state index contributed by atoms with van der Waals surface area (Å²) in [4.78, 5) is 35.1. The van der Waals surface area contributed by atoms with Crippen LogP contribution in [0.2, 0.25) is 0 Å². The molecule has 6 unspecified atom stereocenters. The van der Waals surface area contributed by atoms with Crippen LogP contribution >= 0.6 is 7.82 Å². The lowest BCUT2D eigenvalue weighted by Gasteiger charge is -2.41. The van der Waals surface area contributed by atoms with Crippen LogP contribution in [0.15, 0.2) is 12.2 Å². The molecule has 0 spiro atoms. The summed E-state index contributed by atoms with van der Waals surface area (Å²) in [6, 6.07) is 0. The number of hydrogen-bond acceptors (Lipinski definition) is 12. The highest BCUT2D eigenvalue weighted by Gasteiger charge is 2.51. The minimum absolute atomic E-state index is 0.0885. The van der Waals surface area contributed by atoms with Crippen molar-refractivity contribution in [1.82, 2.24) is 0 Å². The Balaban J connectivity index is 2.60. The third-order valence-corrected chi connectivity index (χ3v) is 9.09. The van der Waals surface area contributed by atoms with E-state index in [2.05, 4.69) is 26.0 Å². The largest absolute Gasteiger partial charge is 0.472 e. The van der Waals surface area contributed by atoms with Crippen LogP contribution in [0.1, 0.15) is 129 Å².